The Morgan fingerprint density at radius 2 is 1.84 bits per heavy atom. The number of hydrogen-bond donors (Lipinski definition) is 2. The Kier molecular flexibility index (Phi) is 9.14. The topological polar surface area (TPSA) is 85.4 Å². The lowest BCUT2D eigenvalue weighted by Crippen LogP contribution is -2.48. The summed E-state index contributed by atoms with van der Waals surface area (Å²) in [4.78, 5) is 31.1. The molecule has 8 nitrogen and oxygen atoms in total. The molecular formula is C27H35F3N4O4. The lowest BCUT2D eigenvalue weighted by Gasteiger charge is -2.34. The van der Waals surface area contributed by atoms with Crippen molar-refractivity contribution in [3.8, 4) is 5.75 Å². The number of fused-ring (bicyclic) bond motifs is 1. The zero-order valence-corrected chi connectivity index (χ0v) is 22.2. The maximum Gasteiger partial charge on any atom is 0.416 e. The van der Waals surface area contributed by atoms with Gasteiger partial charge in [0.2, 0.25) is 5.91 Å². The number of carbonyl (C=O) groups is 2. The van der Waals surface area contributed by atoms with Crippen molar-refractivity contribution < 1.29 is 32.6 Å². The first-order valence-electron chi connectivity index (χ1n) is 12.4. The minimum Gasteiger partial charge on any atom is -0.488 e. The maximum atomic E-state index is 13.2. The van der Waals surface area contributed by atoms with Crippen LogP contribution in [0.5, 0.6) is 5.75 Å². The molecule has 2 aromatic carbocycles. The van der Waals surface area contributed by atoms with Crippen LogP contribution in [0, 0.1) is 5.92 Å². The van der Waals surface area contributed by atoms with Crippen LogP contribution in [0.25, 0.3) is 0 Å². The number of aliphatic hydroxyl groups excluding tert-OH is 1. The predicted molar refractivity (Wildman–Crippen MR) is 139 cm³/mol. The monoisotopic (exact) mass is 536 g/mol. The van der Waals surface area contributed by atoms with Crippen LogP contribution in [0.1, 0.15) is 25.0 Å². The van der Waals surface area contributed by atoms with E-state index in [0.29, 0.717) is 17.9 Å². The molecule has 38 heavy (non-hydrogen) atoms. The van der Waals surface area contributed by atoms with Gasteiger partial charge in [-0.25, -0.2) is 4.79 Å². The second-order valence-electron chi connectivity index (χ2n) is 9.96. The summed E-state index contributed by atoms with van der Waals surface area (Å²) >= 11 is 0. The summed E-state index contributed by atoms with van der Waals surface area (Å²) in [5, 5.41) is 12.4. The second kappa shape index (κ2) is 11.9. The highest BCUT2D eigenvalue weighted by molar-refractivity contribution is 5.89. The van der Waals surface area contributed by atoms with Crippen LogP contribution in [0.2, 0.25) is 0 Å². The smallest absolute Gasteiger partial charge is 0.416 e. The third-order valence-electron chi connectivity index (χ3n) is 6.68. The standard InChI is InChI=1S/C27H35F3N4O4/c1-17-14-34(18(2)16-35)25(36)13-19-12-22(32(3)4)10-11-23(19)38-24(17)15-33(5)26(37)31-21-8-6-20(7-9-21)27(28,29)30/h6-12,17-18,24,35H,13-16H2,1-5H3,(H,31,37)/t17-,18-,24-/m0/s1. The van der Waals surface area contributed by atoms with Crippen molar-refractivity contribution in [1.29, 1.82) is 0 Å². The Labute approximate surface area is 221 Å². The number of ether oxygens (including phenoxy) is 1. The number of anilines is 2. The Bertz CT molecular complexity index is 1120. The van der Waals surface area contributed by atoms with E-state index in [1.807, 2.05) is 44.1 Å². The number of benzene rings is 2. The van der Waals surface area contributed by atoms with E-state index in [1.54, 1.807) is 18.9 Å². The molecule has 0 aromatic heterocycles. The molecule has 1 aliphatic heterocycles. The number of carbonyl (C=O) groups excluding carboxylic acids is 2. The number of nitrogens with zero attached hydrogens (tertiary/aromatic N) is 3. The van der Waals surface area contributed by atoms with Gasteiger partial charge in [-0.3, -0.25) is 4.79 Å². The summed E-state index contributed by atoms with van der Waals surface area (Å²) in [5.41, 5.74) is 1.03. The van der Waals surface area contributed by atoms with E-state index < -0.39 is 29.9 Å². The van der Waals surface area contributed by atoms with Crippen molar-refractivity contribution in [3.05, 3.63) is 53.6 Å². The summed E-state index contributed by atoms with van der Waals surface area (Å²) in [6.07, 6.45) is -4.87. The summed E-state index contributed by atoms with van der Waals surface area (Å²) < 4.78 is 44.9. The zero-order chi connectivity index (χ0) is 28.2. The molecule has 0 bridgehead atoms. The first-order chi connectivity index (χ1) is 17.8. The number of alkyl halides is 3. The third-order valence-corrected chi connectivity index (χ3v) is 6.68. The first kappa shape index (κ1) is 29.1. The zero-order valence-electron chi connectivity index (χ0n) is 22.2. The molecule has 0 unspecified atom stereocenters. The normalized spacial score (nSPS) is 18.9. The van der Waals surface area contributed by atoms with E-state index in [-0.39, 0.29) is 37.1 Å². The molecule has 0 radical (unpaired) electrons. The van der Waals surface area contributed by atoms with E-state index in [1.165, 1.54) is 17.0 Å². The van der Waals surface area contributed by atoms with Crippen molar-refractivity contribution in [2.75, 3.05) is 51.1 Å². The van der Waals surface area contributed by atoms with Gasteiger partial charge in [0.15, 0.2) is 0 Å². The average Bonchev–Trinajstić information content (AvgIpc) is 2.90. The lowest BCUT2D eigenvalue weighted by atomic mass is 10.0. The molecular weight excluding hydrogens is 501 g/mol. The molecule has 0 saturated carbocycles. The van der Waals surface area contributed by atoms with E-state index in [2.05, 4.69) is 5.32 Å². The van der Waals surface area contributed by atoms with Gasteiger partial charge in [0.1, 0.15) is 11.9 Å². The number of amides is 3. The quantitative estimate of drug-likeness (QED) is 0.581. The largest absolute Gasteiger partial charge is 0.488 e. The van der Waals surface area contributed by atoms with E-state index in [9.17, 15) is 27.9 Å². The maximum absolute atomic E-state index is 13.2. The van der Waals surface area contributed by atoms with Crippen molar-refractivity contribution in [2.24, 2.45) is 5.92 Å². The Balaban J connectivity index is 1.83. The minimum atomic E-state index is -4.46. The molecule has 3 rings (SSSR count). The minimum absolute atomic E-state index is 0.102. The van der Waals surface area contributed by atoms with E-state index >= 15 is 0 Å². The summed E-state index contributed by atoms with van der Waals surface area (Å²) in [5.74, 6) is 0.192. The van der Waals surface area contributed by atoms with Crippen LogP contribution < -0.4 is 15.0 Å². The van der Waals surface area contributed by atoms with Gasteiger partial charge in [-0.1, -0.05) is 6.92 Å². The van der Waals surface area contributed by atoms with Gasteiger partial charge in [-0.05, 0) is 49.4 Å². The number of nitrogens with one attached hydrogen (secondary N) is 1. The van der Waals surface area contributed by atoms with Crippen molar-refractivity contribution in [2.45, 2.75) is 38.6 Å². The molecule has 3 atom stereocenters. The molecule has 3 amide bonds. The molecule has 0 aliphatic carbocycles. The third kappa shape index (κ3) is 7.09. The SMILES string of the molecule is C[C@H]1CN([C@@H](C)CO)C(=O)Cc2cc(N(C)C)ccc2O[C@H]1CN(C)C(=O)Nc1ccc(C(F)(F)F)cc1. The van der Waals surface area contributed by atoms with Crippen LogP contribution >= 0.6 is 0 Å². The van der Waals surface area contributed by atoms with E-state index in [0.717, 1.165) is 17.8 Å². The summed E-state index contributed by atoms with van der Waals surface area (Å²) in [7, 11) is 5.36. The van der Waals surface area contributed by atoms with Crippen molar-refractivity contribution >= 4 is 23.3 Å². The molecule has 1 heterocycles. The number of urea groups is 1. The number of aliphatic hydroxyl groups is 1. The Morgan fingerprint density at radius 1 is 1.18 bits per heavy atom. The molecule has 208 valence electrons. The van der Waals surface area contributed by atoms with Gasteiger partial charge in [0, 0.05) is 50.5 Å². The summed E-state index contributed by atoms with van der Waals surface area (Å²) in [6, 6.07) is 8.90. The fourth-order valence-corrected chi connectivity index (χ4v) is 4.23. The van der Waals surface area contributed by atoms with Gasteiger partial charge in [0.25, 0.3) is 0 Å². The number of hydrogen-bond acceptors (Lipinski definition) is 5. The highest BCUT2D eigenvalue weighted by Gasteiger charge is 2.32. The van der Waals surface area contributed by atoms with Crippen LogP contribution in [-0.4, -0.2) is 79.8 Å². The van der Waals surface area contributed by atoms with Crippen molar-refractivity contribution in [3.63, 3.8) is 0 Å². The fraction of sp³-hybridized carbons (Fsp3) is 0.481. The van der Waals surface area contributed by atoms with Crippen LogP contribution in [0.3, 0.4) is 0 Å². The highest BCUT2D eigenvalue weighted by atomic mass is 19.4. The van der Waals surface area contributed by atoms with Gasteiger partial charge in [-0.15, -0.1) is 0 Å². The highest BCUT2D eigenvalue weighted by Crippen LogP contribution is 2.31. The molecule has 2 N–H and O–H groups in total. The number of likely N-dealkylation sites (N-methyl/N-ethyl adjacent to an activating group) is 1. The van der Waals surface area contributed by atoms with Gasteiger partial charge < -0.3 is 29.9 Å². The van der Waals surface area contributed by atoms with E-state index in [4.69, 9.17) is 4.74 Å². The molecule has 1 aliphatic rings. The molecule has 0 fully saturated rings. The van der Waals surface area contributed by atoms with Crippen LogP contribution in [0.4, 0.5) is 29.3 Å². The average molecular weight is 537 g/mol. The number of rotatable bonds is 6. The van der Waals surface area contributed by atoms with Crippen LogP contribution in [-0.2, 0) is 17.4 Å². The first-order valence-corrected chi connectivity index (χ1v) is 12.4. The molecule has 0 spiro atoms. The Morgan fingerprint density at radius 3 is 2.42 bits per heavy atom. The number of halogens is 3. The van der Waals surface area contributed by atoms with Gasteiger partial charge in [0.05, 0.1) is 31.2 Å². The van der Waals surface area contributed by atoms with Gasteiger partial charge >= 0.3 is 12.2 Å². The Hall–Kier alpha value is -3.47. The van der Waals surface area contributed by atoms with Crippen LogP contribution in [0.15, 0.2) is 42.5 Å². The predicted octanol–water partition coefficient (Wildman–Crippen LogP) is 4.08. The molecule has 2 aromatic rings. The second-order valence-corrected chi connectivity index (χ2v) is 9.96. The summed E-state index contributed by atoms with van der Waals surface area (Å²) in [6.45, 7) is 3.96. The molecule has 11 heteroatoms. The van der Waals surface area contributed by atoms with Crippen molar-refractivity contribution in [1.82, 2.24) is 9.80 Å². The molecule has 0 saturated heterocycles. The lowest BCUT2D eigenvalue weighted by molar-refractivity contribution is -0.137. The fourth-order valence-electron chi connectivity index (χ4n) is 4.23. The van der Waals surface area contributed by atoms with Gasteiger partial charge in [-0.2, -0.15) is 13.2 Å².